The molecule has 0 bridgehead atoms. The first-order valence-electron chi connectivity index (χ1n) is 9.71. The number of rotatable bonds is 4. The summed E-state index contributed by atoms with van der Waals surface area (Å²) in [5.41, 5.74) is 7.63. The van der Waals surface area contributed by atoms with Gasteiger partial charge in [0.25, 0.3) is 0 Å². The van der Waals surface area contributed by atoms with Crippen molar-refractivity contribution in [2.24, 2.45) is 13.0 Å². The lowest BCUT2D eigenvalue weighted by atomic mass is 10.1. The number of anilines is 2. The van der Waals surface area contributed by atoms with Crippen LogP contribution in [0.1, 0.15) is 17.9 Å². The van der Waals surface area contributed by atoms with Crippen molar-refractivity contribution < 1.29 is 9.18 Å². The first-order chi connectivity index (χ1) is 14.9. The molecule has 9 heteroatoms. The number of fused-ring (bicyclic) bond motifs is 1. The Hall–Kier alpha value is -3.52. The molecular weight excluding hydrogens is 419 g/mol. The second kappa shape index (κ2) is 7.31. The van der Waals surface area contributed by atoms with E-state index in [0.717, 1.165) is 12.0 Å². The van der Waals surface area contributed by atoms with Crippen LogP contribution in [0.5, 0.6) is 0 Å². The van der Waals surface area contributed by atoms with Crippen molar-refractivity contribution in [2.75, 3.05) is 11.1 Å². The topological polar surface area (TPSA) is 98.7 Å². The number of nitrogens with two attached hydrogens (primary N) is 1. The van der Waals surface area contributed by atoms with Crippen LogP contribution >= 0.6 is 11.6 Å². The Morgan fingerprint density at radius 3 is 2.90 bits per heavy atom. The lowest BCUT2D eigenvalue weighted by molar-refractivity contribution is -0.117. The summed E-state index contributed by atoms with van der Waals surface area (Å²) in [5.74, 6) is 0.0685. The lowest BCUT2D eigenvalue weighted by Gasteiger charge is -2.10. The number of carbonyl (C=O) groups excluding carboxylic acids is 1. The van der Waals surface area contributed by atoms with Crippen LogP contribution in [0.4, 0.5) is 16.0 Å². The number of nitrogens with zero attached hydrogens (tertiary/aromatic N) is 4. The fraction of sp³-hybridized carbons (Fsp3) is 0.182. The van der Waals surface area contributed by atoms with Crippen molar-refractivity contribution in [3.05, 3.63) is 65.3 Å². The quantitative estimate of drug-likeness (QED) is 0.500. The third kappa shape index (κ3) is 3.59. The molecule has 1 aromatic carbocycles. The number of halogens is 2. The van der Waals surface area contributed by atoms with Crippen molar-refractivity contribution in [2.45, 2.75) is 12.3 Å². The number of carbonyl (C=O) groups is 1. The SMILES string of the molecule is Cn1cc([C@@H]2CC2C(=O)Nc2cc3cc(-c4c(F)cccc4Cl)nc(N)c3cn2)cn1. The van der Waals surface area contributed by atoms with Crippen LogP contribution in [-0.4, -0.2) is 25.7 Å². The van der Waals surface area contributed by atoms with Crippen molar-refractivity contribution in [1.82, 2.24) is 19.7 Å². The van der Waals surface area contributed by atoms with E-state index in [1.54, 1.807) is 35.3 Å². The van der Waals surface area contributed by atoms with Gasteiger partial charge in [-0.15, -0.1) is 0 Å². The molecule has 0 saturated heterocycles. The number of hydrogen-bond donors (Lipinski definition) is 2. The number of aromatic nitrogens is 4. The summed E-state index contributed by atoms with van der Waals surface area (Å²) in [7, 11) is 1.85. The van der Waals surface area contributed by atoms with Crippen molar-refractivity contribution in [1.29, 1.82) is 0 Å². The van der Waals surface area contributed by atoms with E-state index in [4.69, 9.17) is 17.3 Å². The molecule has 5 rings (SSSR count). The van der Waals surface area contributed by atoms with Gasteiger partial charge in [-0.25, -0.2) is 14.4 Å². The highest BCUT2D eigenvalue weighted by Gasteiger charge is 2.44. The van der Waals surface area contributed by atoms with E-state index in [9.17, 15) is 9.18 Å². The Morgan fingerprint density at radius 1 is 1.32 bits per heavy atom. The molecule has 3 heterocycles. The number of nitrogens with one attached hydrogen (secondary N) is 1. The summed E-state index contributed by atoms with van der Waals surface area (Å²) in [6, 6.07) is 7.82. The molecule has 4 aromatic rings. The summed E-state index contributed by atoms with van der Waals surface area (Å²) < 4.78 is 16.1. The summed E-state index contributed by atoms with van der Waals surface area (Å²) >= 11 is 6.18. The molecule has 156 valence electrons. The monoisotopic (exact) mass is 436 g/mol. The van der Waals surface area contributed by atoms with Crippen LogP contribution in [0.15, 0.2) is 48.9 Å². The van der Waals surface area contributed by atoms with Gasteiger partial charge in [-0.05, 0) is 47.6 Å². The number of aryl methyl sites for hydroxylation is 1. The molecule has 1 saturated carbocycles. The largest absolute Gasteiger partial charge is 0.383 e. The minimum absolute atomic E-state index is 0.0971. The third-order valence-electron chi connectivity index (χ3n) is 5.50. The van der Waals surface area contributed by atoms with Crippen LogP contribution in [0.2, 0.25) is 5.02 Å². The average molecular weight is 437 g/mol. The van der Waals surface area contributed by atoms with Gasteiger partial charge in [-0.3, -0.25) is 9.48 Å². The van der Waals surface area contributed by atoms with Gasteiger partial charge in [0, 0.05) is 30.7 Å². The highest BCUT2D eigenvalue weighted by molar-refractivity contribution is 6.33. The average Bonchev–Trinajstić information content (AvgIpc) is 3.41. The van der Waals surface area contributed by atoms with Gasteiger partial charge in [-0.2, -0.15) is 5.10 Å². The molecule has 1 fully saturated rings. The van der Waals surface area contributed by atoms with Gasteiger partial charge < -0.3 is 11.1 Å². The first-order valence-corrected chi connectivity index (χ1v) is 10.1. The predicted octanol–water partition coefficient (Wildman–Crippen LogP) is 4.15. The molecule has 31 heavy (non-hydrogen) atoms. The molecule has 1 aliphatic carbocycles. The maximum absolute atomic E-state index is 14.4. The van der Waals surface area contributed by atoms with E-state index in [0.29, 0.717) is 22.3 Å². The smallest absolute Gasteiger partial charge is 0.229 e. The number of benzene rings is 1. The molecule has 3 N–H and O–H groups in total. The summed E-state index contributed by atoms with van der Waals surface area (Å²) in [5, 5.41) is 8.55. The van der Waals surface area contributed by atoms with Gasteiger partial charge in [0.15, 0.2) is 0 Å². The summed E-state index contributed by atoms with van der Waals surface area (Å²) in [6.45, 7) is 0. The minimum atomic E-state index is -0.489. The molecule has 0 spiro atoms. The molecular formula is C22H18ClFN6O. The zero-order valence-electron chi connectivity index (χ0n) is 16.5. The molecule has 2 atom stereocenters. The Morgan fingerprint density at radius 2 is 2.16 bits per heavy atom. The van der Waals surface area contributed by atoms with Gasteiger partial charge in [-0.1, -0.05) is 17.7 Å². The Kier molecular flexibility index (Phi) is 4.59. The lowest BCUT2D eigenvalue weighted by Crippen LogP contribution is -2.15. The van der Waals surface area contributed by atoms with Crippen molar-refractivity contribution >= 4 is 39.9 Å². The number of amides is 1. The maximum Gasteiger partial charge on any atom is 0.229 e. The van der Waals surface area contributed by atoms with Gasteiger partial charge in [0.1, 0.15) is 17.5 Å². The van der Waals surface area contributed by atoms with E-state index in [-0.39, 0.29) is 34.1 Å². The normalized spacial score (nSPS) is 17.6. The third-order valence-corrected chi connectivity index (χ3v) is 5.81. The van der Waals surface area contributed by atoms with E-state index in [1.165, 1.54) is 12.1 Å². The van der Waals surface area contributed by atoms with Crippen LogP contribution in [0.3, 0.4) is 0 Å². The fourth-order valence-electron chi connectivity index (χ4n) is 3.82. The van der Waals surface area contributed by atoms with E-state index >= 15 is 0 Å². The van der Waals surface area contributed by atoms with Crippen LogP contribution in [-0.2, 0) is 11.8 Å². The summed E-state index contributed by atoms with van der Waals surface area (Å²) in [4.78, 5) is 21.2. The van der Waals surface area contributed by atoms with Gasteiger partial charge in [0.05, 0.1) is 22.5 Å². The van der Waals surface area contributed by atoms with Crippen LogP contribution in [0.25, 0.3) is 22.0 Å². The molecule has 3 aromatic heterocycles. The Bertz CT molecular complexity index is 1320. The first kappa shape index (κ1) is 19.4. The highest BCUT2D eigenvalue weighted by atomic mass is 35.5. The molecule has 1 amide bonds. The minimum Gasteiger partial charge on any atom is -0.383 e. The fourth-order valence-corrected chi connectivity index (χ4v) is 4.08. The molecule has 0 aliphatic heterocycles. The Labute approximate surface area is 182 Å². The van der Waals surface area contributed by atoms with E-state index in [2.05, 4.69) is 20.4 Å². The standard InChI is InChI=1S/C22H18ClFN6O/c1-30-10-12(8-27-30)13-7-14(13)22(31)29-19-6-11-5-18(28-21(25)15(11)9-26-19)20-16(23)3-2-4-17(20)24/h2-6,8-10,13-14H,7H2,1H3,(H2,25,28)(H,26,29,31)/t13-,14?/m0/s1. The zero-order valence-corrected chi connectivity index (χ0v) is 17.3. The molecule has 1 aliphatic rings. The van der Waals surface area contributed by atoms with Crippen LogP contribution < -0.4 is 11.1 Å². The molecule has 1 unspecified atom stereocenters. The second-order valence-electron chi connectivity index (χ2n) is 7.67. The summed E-state index contributed by atoms with van der Waals surface area (Å²) in [6.07, 6.45) is 6.04. The van der Waals surface area contributed by atoms with E-state index < -0.39 is 5.82 Å². The Balaban J connectivity index is 1.42. The maximum atomic E-state index is 14.4. The van der Waals surface area contributed by atoms with Crippen molar-refractivity contribution in [3.8, 4) is 11.3 Å². The molecule has 0 radical (unpaired) electrons. The number of hydrogen-bond acceptors (Lipinski definition) is 5. The number of pyridine rings is 2. The highest BCUT2D eigenvalue weighted by Crippen LogP contribution is 2.47. The van der Waals surface area contributed by atoms with Crippen LogP contribution in [0, 0.1) is 11.7 Å². The van der Waals surface area contributed by atoms with E-state index in [1.807, 2.05) is 13.2 Å². The molecule has 7 nitrogen and oxygen atoms in total. The van der Waals surface area contributed by atoms with Crippen molar-refractivity contribution in [3.63, 3.8) is 0 Å². The second-order valence-corrected chi connectivity index (χ2v) is 8.07. The predicted molar refractivity (Wildman–Crippen MR) is 117 cm³/mol. The zero-order chi connectivity index (χ0) is 21.7. The van der Waals surface area contributed by atoms with Gasteiger partial charge >= 0.3 is 0 Å². The number of nitrogen functional groups attached to an aromatic ring is 1. The van der Waals surface area contributed by atoms with Gasteiger partial charge in [0.2, 0.25) is 5.91 Å².